The van der Waals surface area contributed by atoms with Crippen LogP contribution in [0.3, 0.4) is 0 Å². The summed E-state index contributed by atoms with van der Waals surface area (Å²) in [5.41, 5.74) is 1.21. The molecule has 0 N–H and O–H groups in total. The summed E-state index contributed by atoms with van der Waals surface area (Å²) in [4.78, 5) is 2.18. The maximum atomic E-state index is 5.47. The lowest BCUT2D eigenvalue weighted by Crippen LogP contribution is -2.15. The standard InChI is InChI=1S/C12H19NO2/c1-4-13(2)11-5-7-12(8-6-11)15-10-9-14-3/h5-8H,4,9-10H2,1-3H3. The monoisotopic (exact) mass is 209 g/mol. The summed E-state index contributed by atoms with van der Waals surface area (Å²) < 4.78 is 10.4. The fourth-order valence-corrected chi connectivity index (χ4v) is 1.22. The van der Waals surface area contributed by atoms with Gasteiger partial charge in [-0.05, 0) is 31.2 Å². The number of hydrogen-bond acceptors (Lipinski definition) is 3. The SMILES string of the molecule is CCN(C)c1ccc(OCCOC)cc1. The van der Waals surface area contributed by atoms with Gasteiger partial charge in [-0.2, -0.15) is 0 Å². The van der Waals surface area contributed by atoms with Crippen molar-refractivity contribution >= 4 is 5.69 Å². The van der Waals surface area contributed by atoms with E-state index < -0.39 is 0 Å². The van der Waals surface area contributed by atoms with Crippen molar-refractivity contribution in [3.63, 3.8) is 0 Å². The Labute approximate surface area is 91.6 Å². The van der Waals surface area contributed by atoms with Crippen LogP contribution in [0.15, 0.2) is 24.3 Å². The predicted molar refractivity (Wildman–Crippen MR) is 62.8 cm³/mol. The maximum Gasteiger partial charge on any atom is 0.119 e. The van der Waals surface area contributed by atoms with Crippen LogP contribution in [0, 0.1) is 0 Å². The molecule has 0 spiro atoms. The molecule has 3 heteroatoms. The average molecular weight is 209 g/mol. The van der Waals surface area contributed by atoms with E-state index in [4.69, 9.17) is 9.47 Å². The summed E-state index contributed by atoms with van der Waals surface area (Å²) in [5.74, 6) is 0.889. The minimum absolute atomic E-state index is 0.597. The zero-order valence-electron chi connectivity index (χ0n) is 9.69. The van der Waals surface area contributed by atoms with Gasteiger partial charge in [-0.1, -0.05) is 0 Å². The van der Waals surface area contributed by atoms with E-state index in [0.717, 1.165) is 12.3 Å². The van der Waals surface area contributed by atoms with Crippen molar-refractivity contribution in [2.24, 2.45) is 0 Å². The highest BCUT2D eigenvalue weighted by molar-refractivity contribution is 5.48. The molecule has 0 radical (unpaired) electrons. The molecule has 15 heavy (non-hydrogen) atoms. The quantitative estimate of drug-likeness (QED) is 0.670. The van der Waals surface area contributed by atoms with Crippen molar-refractivity contribution in [1.29, 1.82) is 0 Å². The van der Waals surface area contributed by atoms with Crippen LogP contribution in [0.4, 0.5) is 5.69 Å². The molecule has 0 saturated carbocycles. The summed E-state index contributed by atoms with van der Waals surface area (Å²) in [6.45, 7) is 4.35. The van der Waals surface area contributed by atoms with Crippen LogP contribution in [0.2, 0.25) is 0 Å². The molecule has 0 saturated heterocycles. The molecule has 0 aromatic heterocycles. The van der Waals surface area contributed by atoms with E-state index in [1.54, 1.807) is 7.11 Å². The number of methoxy groups -OCH3 is 1. The summed E-state index contributed by atoms with van der Waals surface area (Å²) in [6, 6.07) is 8.09. The zero-order chi connectivity index (χ0) is 11.1. The maximum absolute atomic E-state index is 5.47. The number of ether oxygens (including phenoxy) is 2. The molecule has 0 atom stereocenters. The molecule has 3 nitrogen and oxygen atoms in total. The number of hydrogen-bond donors (Lipinski definition) is 0. The first-order valence-corrected chi connectivity index (χ1v) is 5.21. The van der Waals surface area contributed by atoms with Crippen LogP contribution in [0.25, 0.3) is 0 Å². The Bertz CT molecular complexity index is 271. The Morgan fingerprint density at radius 2 is 1.80 bits per heavy atom. The molecule has 0 bridgehead atoms. The van der Waals surface area contributed by atoms with Crippen molar-refractivity contribution in [3.05, 3.63) is 24.3 Å². The third-order valence-electron chi connectivity index (χ3n) is 2.31. The van der Waals surface area contributed by atoms with Gasteiger partial charge in [0, 0.05) is 26.4 Å². The first kappa shape index (κ1) is 11.9. The van der Waals surface area contributed by atoms with Gasteiger partial charge in [0.05, 0.1) is 6.61 Å². The van der Waals surface area contributed by atoms with Crippen molar-refractivity contribution < 1.29 is 9.47 Å². The summed E-state index contributed by atoms with van der Waals surface area (Å²) in [7, 11) is 3.74. The van der Waals surface area contributed by atoms with Gasteiger partial charge in [0.15, 0.2) is 0 Å². The molecule has 0 unspecified atom stereocenters. The second kappa shape index (κ2) is 6.30. The van der Waals surface area contributed by atoms with Crippen LogP contribution < -0.4 is 9.64 Å². The molecular formula is C12H19NO2. The highest BCUT2D eigenvalue weighted by Crippen LogP contribution is 2.17. The second-order valence-electron chi connectivity index (χ2n) is 3.35. The Kier molecular flexibility index (Phi) is 4.98. The number of benzene rings is 1. The van der Waals surface area contributed by atoms with Gasteiger partial charge < -0.3 is 14.4 Å². The lowest BCUT2D eigenvalue weighted by molar-refractivity contribution is 0.146. The summed E-state index contributed by atoms with van der Waals surface area (Å²) >= 11 is 0. The van der Waals surface area contributed by atoms with E-state index in [-0.39, 0.29) is 0 Å². The number of anilines is 1. The van der Waals surface area contributed by atoms with Crippen LogP contribution >= 0.6 is 0 Å². The van der Waals surface area contributed by atoms with Crippen molar-refractivity contribution in [2.75, 3.05) is 38.8 Å². The van der Waals surface area contributed by atoms with Crippen molar-refractivity contribution in [1.82, 2.24) is 0 Å². The fourth-order valence-electron chi connectivity index (χ4n) is 1.22. The normalized spacial score (nSPS) is 10.1. The molecule has 84 valence electrons. The lowest BCUT2D eigenvalue weighted by Gasteiger charge is -2.16. The molecule has 0 heterocycles. The summed E-state index contributed by atoms with van der Waals surface area (Å²) in [6.07, 6.45) is 0. The molecular weight excluding hydrogens is 190 g/mol. The van der Waals surface area contributed by atoms with E-state index in [1.807, 2.05) is 12.1 Å². The highest BCUT2D eigenvalue weighted by Gasteiger charge is 1.98. The van der Waals surface area contributed by atoms with Gasteiger partial charge in [-0.25, -0.2) is 0 Å². The van der Waals surface area contributed by atoms with Gasteiger partial charge in [-0.3, -0.25) is 0 Å². The molecule has 0 amide bonds. The second-order valence-corrected chi connectivity index (χ2v) is 3.35. The van der Waals surface area contributed by atoms with Crippen LogP contribution in [-0.2, 0) is 4.74 Å². The first-order valence-electron chi connectivity index (χ1n) is 5.21. The van der Waals surface area contributed by atoms with Crippen LogP contribution in [0.1, 0.15) is 6.92 Å². The predicted octanol–water partition coefficient (Wildman–Crippen LogP) is 2.17. The zero-order valence-corrected chi connectivity index (χ0v) is 9.69. The third kappa shape index (κ3) is 3.80. The number of nitrogens with zero attached hydrogens (tertiary/aromatic N) is 1. The Morgan fingerprint density at radius 3 is 2.33 bits per heavy atom. The molecule has 1 rings (SSSR count). The molecule has 0 fully saturated rings. The molecule has 1 aromatic carbocycles. The molecule has 0 aliphatic carbocycles. The van der Waals surface area contributed by atoms with E-state index in [9.17, 15) is 0 Å². The van der Waals surface area contributed by atoms with E-state index >= 15 is 0 Å². The van der Waals surface area contributed by atoms with E-state index in [2.05, 4.69) is 31.0 Å². The lowest BCUT2D eigenvalue weighted by atomic mass is 10.3. The minimum atomic E-state index is 0.597. The highest BCUT2D eigenvalue weighted by atomic mass is 16.5. The average Bonchev–Trinajstić information content (AvgIpc) is 2.29. The fraction of sp³-hybridized carbons (Fsp3) is 0.500. The summed E-state index contributed by atoms with van der Waals surface area (Å²) in [5, 5.41) is 0. The van der Waals surface area contributed by atoms with Gasteiger partial charge in [0.1, 0.15) is 12.4 Å². The van der Waals surface area contributed by atoms with Gasteiger partial charge in [0.2, 0.25) is 0 Å². The van der Waals surface area contributed by atoms with Crippen LogP contribution in [0.5, 0.6) is 5.75 Å². The van der Waals surface area contributed by atoms with Gasteiger partial charge in [0.25, 0.3) is 0 Å². The Hall–Kier alpha value is -1.22. The van der Waals surface area contributed by atoms with Crippen molar-refractivity contribution in [2.45, 2.75) is 6.92 Å². The van der Waals surface area contributed by atoms with E-state index in [1.165, 1.54) is 5.69 Å². The van der Waals surface area contributed by atoms with E-state index in [0.29, 0.717) is 13.2 Å². The van der Waals surface area contributed by atoms with Gasteiger partial charge in [-0.15, -0.1) is 0 Å². The smallest absolute Gasteiger partial charge is 0.119 e. The van der Waals surface area contributed by atoms with Crippen LogP contribution in [-0.4, -0.2) is 33.9 Å². The third-order valence-corrected chi connectivity index (χ3v) is 2.31. The molecule has 1 aromatic rings. The van der Waals surface area contributed by atoms with Gasteiger partial charge >= 0.3 is 0 Å². The first-order chi connectivity index (χ1) is 7.27. The number of rotatable bonds is 6. The Balaban J connectivity index is 2.49. The largest absolute Gasteiger partial charge is 0.491 e. The topological polar surface area (TPSA) is 21.7 Å². The Morgan fingerprint density at radius 1 is 1.13 bits per heavy atom. The van der Waals surface area contributed by atoms with Crippen molar-refractivity contribution in [3.8, 4) is 5.75 Å². The molecule has 0 aliphatic heterocycles. The molecule has 0 aliphatic rings. The minimum Gasteiger partial charge on any atom is -0.491 e.